The van der Waals surface area contributed by atoms with Gasteiger partial charge in [0.2, 0.25) is 0 Å². The number of aryl methyl sites for hydroxylation is 1. The van der Waals surface area contributed by atoms with E-state index in [2.05, 4.69) is 15.3 Å². The molecule has 0 aliphatic rings. The number of ether oxygens (including phenoxy) is 1. The topological polar surface area (TPSA) is 124 Å². The van der Waals surface area contributed by atoms with Gasteiger partial charge in [-0.1, -0.05) is 17.7 Å². The lowest BCUT2D eigenvalue weighted by atomic mass is 10.2. The van der Waals surface area contributed by atoms with Crippen molar-refractivity contribution in [3.05, 3.63) is 82.8 Å². The van der Waals surface area contributed by atoms with Gasteiger partial charge in [0.05, 0.1) is 21.6 Å². The summed E-state index contributed by atoms with van der Waals surface area (Å²) in [5, 5.41) is 2.70. The molecule has 1 aromatic heterocycles. The Morgan fingerprint density at radius 1 is 0.970 bits per heavy atom. The number of fused-ring (bicyclic) bond motifs is 1. The Hall–Kier alpha value is -4.05. The van der Waals surface area contributed by atoms with Crippen molar-refractivity contribution in [3.63, 3.8) is 0 Å². The Morgan fingerprint density at radius 3 is 2.33 bits per heavy atom. The van der Waals surface area contributed by atoms with Gasteiger partial charge in [-0.3, -0.25) is 9.10 Å². The highest BCUT2D eigenvalue weighted by Crippen LogP contribution is 2.24. The van der Waals surface area contributed by atoms with Crippen molar-refractivity contribution < 1.29 is 17.9 Å². The van der Waals surface area contributed by atoms with Crippen LogP contribution in [0.3, 0.4) is 0 Å². The number of amides is 1. The summed E-state index contributed by atoms with van der Waals surface area (Å²) >= 11 is 0. The third kappa shape index (κ3) is 4.90. The minimum Gasteiger partial charge on any atom is -0.484 e. The molecule has 0 atom stereocenters. The Kier molecular flexibility index (Phi) is 5.93. The first-order chi connectivity index (χ1) is 15.7. The second-order valence-electron chi connectivity index (χ2n) is 7.46. The fraction of sp³-hybridized carbons (Fsp3) is 0.130. The summed E-state index contributed by atoms with van der Waals surface area (Å²) in [6, 6.07) is 18.0. The molecule has 9 nitrogen and oxygen atoms in total. The van der Waals surface area contributed by atoms with Gasteiger partial charge in [0.15, 0.2) is 6.61 Å². The van der Waals surface area contributed by atoms with Crippen LogP contribution in [0.5, 0.6) is 5.75 Å². The lowest BCUT2D eigenvalue weighted by Crippen LogP contribution is -2.26. The molecule has 0 fully saturated rings. The van der Waals surface area contributed by atoms with Gasteiger partial charge in [0.25, 0.3) is 15.9 Å². The number of carbonyl (C=O) groups is 1. The Balaban J connectivity index is 1.37. The number of rotatable bonds is 7. The normalized spacial score (nSPS) is 11.3. The number of nitrogens with one attached hydrogen (secondary N) is 3. The SMILES string of the molecule is Cc1ccc(S(=O)(=O)N(C)c2ccc(OCC(=O)Nc3ccc4[nH]c(=O)[nH]c4c3)cc2)cc1. The van der Waals surface area contributed by atoms with Gasteiger partial charge in [0, 0.05) is 12.7 Å². The van der Waals surface area contributed by atoms with Crippen molar-refractivity contribution in [2.75, 3.05) is 23.3 Å². The van der Waals surface area contributed by atoms with Gasteiger partial charge in [-0.2, -0.15) is 0 Å². The first-order valence-electron chi connectivity index (χ1n) is 10.0. The summed E-state index contributed by atoms with van der Waals surface area (Å²) in [6.45, 7) is 1.65. The molecule has 0 saturated heterocycles. The van der Waals surface area contributed by atoms with Gasteiger partial charge in [-0.25, -0.2) is 13.2 Å². The van der Waals surface area contributed by atoms with E-state index in [9.17, 15) is 18.0 Å². The van der Waals surface area contributed by atoms with E-state index < -0.39 is 10.0 Å². The molecule has 10 heteroatoms. The number of aromatic amines is 2. The predicted octanol–water partition coefficient (Wildman–Crippen LogP) is 3.01. The van der Waals surface area contributed by atoms with E-state index in [4.69, 9.17) is 4.74 Å². The summed E-state index contributed by atoms with van der Waals surface area (Å²) in [4.78, 5) is 29.0. The summed E-state index contributed by atoms with van der Waals surface area (Å²) in [6.07, 6.45) is 0. The van der Waals surface area contributed by atoms with Crippen molar-refractivity contribution in [3.8, 4) is 5.75 Å². The fourth-order valence-corrected chi connectivity index (χ4v) is 4.41. The van der Waals surface area contributed by atoms with Crippen molar-refractivity contribution >= 4 is 38.3 Å². The van der Waals surface area contributed by atoms with Crippen LogP contribution in [0.2, 0.25) is 0 Å². The predicted molar refractivity (Wildman–Crippen MR) is 126 cm³/mol. The Labute approximate surface area is 190 Å². The third-order valence-corrected chi connectivity index (χ3v) is 6.85. The summed E-state index contributed by atoms with van der Waals surface area (Å²) in [7, 11) is -2.21. The maximum atomic E-state index is 12.8. The molecule has 1 amide bonds. The second-order valence-corrected chi connectivity index (χ2v) is 9.43. The molecule has 0 aliphatic heterocycles. The zero-order valence-corrected chi connectivity index (χ0v) is 18.8. The van der Waals surface area contributed by atoms with Crippen LogP contribution in [0.25, 0.3) is 11.0 Å². The van der Waals surface area contributed by atoms with Crippen molar-refractivity contribution in [1.29, 1.82) is 0 Å². The Morgan fingerprint density at radius 2 is 1.64 bits per heavy atom. The van der Waals surface area contributed by atoms with E-state index in [-0.39, 0.29) is 23.1 Å². The number of nitrogens with zero attached hydrogens (tertiary/aromatic N) is 1. The zero-order valence-electron chi connectivity index (χ0n) is 18.0. The molecule has 170 valence electrons. The van der Waals surface area contributed by atoms with Gasteiger partial charge in [0.1, 0.15) is 5.75 Å². The molecule has 3 N–H and O–H groups in total. The van der Waals surface area contributed by atoms with E-state index in [1.807, 2.05) is 6.92 Å². The first kappa shape index (κ1) is 22.2. The molecule has 3 aromatic carbocycles. The molecule has 1 heterocycles. The lowest BCUT2D eigenvalue weighted by molar-refractivity contribution is -0.118. The summed E-state index contributed by atoms with van der Waals surface area (Å²) < 4.78 is 32.3. The molecule has 33 heavy (non-hydrogen) atoms. The lowest BCUT2D eigenvalue weighted by Gasteiger charge is -2.20. The zero-order chi connectivity index (χ0) is 23.6. The molecule has 0 saturated carbocycles. The number of hydrogen-bond acceptors (Lipinski definition) is 5. The quantitative estimate of drug-likeness (QED) is 0.386. The van der Waals surface area contributed by atoms with E-state index in [1.54, 1.807) is 66.7 Å². The Bertz CT molecular complexity index is 1460. The highest BCUT2D eigenvalue weighted by Gasteiger charge is 2.21. The van der Waals surface area contributed by atoms with Crippen molar-refractivity contribution in [2.45, 2.75) is 11.8 Å². The average Bonchev–Trinajstić information content (AvgIpc) is 3.17. The van der Waals surface area contributed by atoms with E-state index in [0.29, 0.717) is 28.2 Å². The maximum absolute atomic E-state index is 12.8. The molecular formula is C23H22N4O5S. The van der Waals surface area contributed by atoms with E-state index in [1.165, 1.54) is 11.4 Å². The molecular weight excluding hydrogens is 444 g/mol. The number of sulfonamides is 1. The molecule has 0 unspecified atom stereocenters. The standard InChI is InChI=1S/C23H22N4O5S/c1-15-3-10-19(11-4-15)33(30,31)27(2)17-6-8-18(9-7-17)32-14-22(28)24-16-5-12-20-21(13-16)26-23(29)25-20/h3-13H,14H2,1-2H3,(H,24,28)(H2,25,26,29). The summed E-state index contributed by atoms with van der Waals surface area (Å²) in [5.74, 6) is 0.0378. The molecule has 0 aliphatic carbocycles. The van der Waals surface area contributed by atoms with Gasteiger partial charge < -0.3 is 20.0 Å². The first-order valence-corrected chi connectivity index (χ1v) is 11.5. The number of anilines is 2. The number of H-pyrrole nitrogens is 2. The van der Waals surface area contributed by atoms with Crippen LogP contribution >= 0.6 is 0 Å². The van der Waals surface area contributed by atoms with Crippen LogP contribution < -0.4 is 20.0 Å². The van der Waals surface area contributed by atoms with Gasteiger partial charge in [-0.15, -0.1) is 0 Å². The minimum atomic E-state index is -3.69. The fourth-order valence-electron chi connectivity index (χ4n) is 3.22. The van der Waals surface area contributed by atoms with Crippen molar-refractivity contribution in [1.82, 2.24) is 9.97 Å². The van der Waals surface area contributed by atoms with Crippen LogP contribution in [0.15, 0.2) is 76.4 Å². The van der Waals surface area contributed by atoms with Crippen LogP contribution in [-0.4, -0.2) is 37.9 Å². The van der Waals surface area contributed by atoms with Crippen molar-refractivity contribution in [2.24, 2.45) is 0 Å². The van der Waals surface area contributed by atoms with Crippen LogP contribution in [-0.2, 0) is 14.8 Å². The number of imidazole rings is 1. The third-order valence-electron chi connectivity index (χ3n) is 5.05. The molecule has 4 aromatic rings. The molecule has 0 bridgehead atoms. The monoisotopic (exact) mass is 466 g/mol. The maximum Gasteiger partial charge on any atom is 0.323 e. The van der Waals surface area contributed by atoms with Crippen LogP contribution in [0.4, 0.5) is 11.4 Å². The number of carbonyl (C=O) groups excluding carboxylic acids is 1. The molecule has 4 rings (SSSR count). The summed E-state index contributed by atoms with van der Waals surface area (Å²) in [5.41, 5.74) is 2.85. The van der Waals surface area contributed by atoms with E-state index >= 15 is 0 Å². The number of hydrogen-bond donors (Lipinski definition) is 3. The van der Waals surface area contributed by atoms with E-state index in [0.717, 1.165) is 5.56 Å². The molecule has 0 radical (unpaired) electrons. The smallest absolute Gasteiger partial charge is 0.323 e. The minimum absolute atomic E-state index is 0.203. The van der Waals surface area contributed by atoms with Crippen LogP contribution in [0, 0.1) is 6.92 Å². The molecule has 0 spiro atoms. The second kappa shape index (κ2) is 8.83. The largest absolute Gasteiger partial charge is 0.484 e. The number of benzene rings is 3. The highest BCUT2D eigenvalue weighted by atomic mass is 32.2. The average molecular weight is 467 g/mol. The highest BCUT2D eigenvalue weighted by molar-refractivity contribution is 7.92. The van der Waals surface area contributed by atoms with Gasteiger partial charge >= 0.3 is 5.69 Å². The van der Waals surface area contributed by atoms with Gasteiger partial charge in [-0.05, 0) is 61.5 Å². The van der Waals surface area contributed by atoms with Crippen LogP contribution in [0.1, 0.15) is 5.56 Å². The number of aromatic nitrogens is 2.